The minimum absolute atomic E-state index is 0.0551. The summed E-state index contributed by atoms with van der Waals surface area (Å²) in [5.74, 6) is 0. The van der Waals surface area contributed by atoms with E-state index >= 15 is 0 Å². The Morgan fingerprint density at radius 2 is 2.19 bits per heavy atom. The number of nitrogens with two attached hydrogens (primary N) is 1. The third-order valence-corrected chi connectivity index (χ3v) is 4.05. The number of hydrogen-bond acceptors (Lipinski definition) is 6. The molecule has 2 aromatic rings. The number of nitrogens with zero attached hydrogens (tertiary/aromatic N) is 3. The number of nitro groups is 1. The Bertz CT molecular complexity index is 906. The first-order valence-corrected chi connectivity index (χ1v) is 8.25. The summed E-state index contributed by atoms with van der Waals surface area (Å²) in [6, 6.07) is 8.19. The van der Waals surface area contributed by atoms with E-state index in [0.717, 1.165) is 22.5 Å². The van der Waals surface area contributed by atoms with Gasteiger partial charge in [0.15, 0.2) is 0 Å². The van der Waals surface area contributed by atoms with Crippen LogP contribution < -0.4 is 11.1 Å². The van der Waals surface area contributed by atoms with Crippen LogP contribution in [0.3, 0.4) is 0 Å². The summed E-state index contributed by atoms with van der Waals surface area (Å²) >= 11 is 6.06. The van der Waals surface area contributed by atoms with Crippen molar-refractivity contribution in [3.63, 3.8) is 0 Å². The summed E-state index contributed by atoms with van der Waals surface area (Å²) in [5, 5.41) is 13.8. The molecule has 0 saturated heterocycles. The Kier molecular flexibility index (Phi) is 5.28. The predicted octanol–water partition coefficient (Wildman–Crippen LogP) is 3.56. The number of aliphatic imine (C=N–C) groups is 1. The zero-order valence-electron chi connectivity index (χ0n) is 13.7. The maximum absolute atomic E-state index is 10.7. The van der Waals surface area contributed by atoms with Crippen LogP contribution in [-0.4, -0.2) is 21.6 Å². The average molecular weight is 370 g/mol. The Labute approximate surface area is 155 Å². The van der Waals surface area contributed by atoms with Gasteiger partial charge in [-0.25, -0.2) is 0 Å². The third kappa shape index (κ3) is 4.07. The van der Waals surface area contributed by atoms with Gasteiger partial charge in [-0.1, -0.05) is 23.7 Å². The Balaban J connectivity index is 1.72. The highest BCUT2D eigenvalue weighted by atomic mass is 35.5. The van der Waals surface area contributed by atoms with Crippen LogP contribution in [0.5, 0.6) is 0 Å². The number of halogens is 1. The van der Waals surface area contributed by atoms with Gasteiger partial charge in [0, 0.05) is 41.9 Å². The van der Waals surface area contributed by atoms with E-state index in [2.05, 4.69) is 15.3 Å². The quantitative estimate of drug-likeness (QED) is 0.275. The van der Waals surface area contributed by atoms with E-state index in [1.807, 2.05) is 18.2 Å². The van der Waals surface area contributed by atoms with E-state index in [4.69, 9.17) is 17.3 Å². The molecule has 8 heteroatoms. The first-order valence-electron chi connectivity index (χ1n) is 7.81. The van der Waals surface area contributed by atoms with Gasteiger partial charge >= 0.3 is 0 Å². The van der Waals surface area contributed by atoms with Crippen LogP contribution in [-0.2, 0) is 6.54 Å². The standard InChI is InChI=1S/C18H16ClN5O2/c19-18-6-5-16-17(23-18)7-13(11-22-16)14(8-20)10-21-9-12-1-3-15(4-2-12)24(25)26/h1-8,10-11,18,23H,9,20H2. The van der Waals surface area contributed by atoms with Crippen molar-refractivity contribution in [1.29, 1.82) is 0 Å². The number of nitrogens with one attached hydrogen (secondary N) is 1. The molecule has 3 rings (SSSR count). The monoisotopic (exact) mass is 369 g/mol. The molecule has 1 aliphatic heterocycles. The highest BCUT2D eigenvalue weighted by Gasteiger charge is 2.12. The summed E-state index contributed by atoms with van der Waals surface area (Å²) in [6.45, 7) is 0.387. The molecule has 26 heavy (non-hydrogen) atoms. The molecule has 1 aliphatic rings. The topological polar surface area (TPSA) is 106 Å². The van der Waals surface area contributed by atoms with Crippen molar-refractivity contribution in [1.82, 2.24) is 4.98 Å². The third-order valence-electron chi connectivity index (χ3n) is 3.80. The van der Waals surface area contributed by atoms with Crippen molar-refractivity contribution in [2.75, 3.05) is 5.32 Å². The molecule has 7 nitrogen and oxygen atoms in total. The molecule has 1 aromatic heterocycles. The van der Waals surface area contributed by atoms with Gasteiger partial charge < -0.3 is 11.1 Å². The fraction of sp³-hybridized carbons (Fsp3) is 0.111. The van der Waals surface area contributed by atoms with Crippen molar-refractivity contribution in [3.05, 3.63) is 75.7 Å². The van der Waals surface area contributed by atoms with Gasteiger partial charge in [-0.2, -0.15) is 0 Å². The minimum Gasteiger partial charge on any atom is -0.404 e. The lowest BCUT2D eigenvalue weighted by atomic mass is 10.1. The summed E-state index contributed by atoms with van der Waals surface area (Å²) in [6.07, 6.45) is 8.51. The maximum Gasteiger partial charge on any atom is 0.269 e. The van der Waals surface area contributed by atoms with Gasteiger partial charge in [-0.15, -0.1) is 0 Å². The van der Waals surface area contributed by atoms with Crippen LogP contribution in [0.25, 0.3) is 11.6 Å². The molecule has 0 radical (unpaired) electrons. The number of hydrogen-bond donors (Lipinski definition) is 2. The second-order valence-electron chi connectivity index (χ2n) is 5.58. The number of rotatable bonds is 5. The summed E-state index contributed by atoms with van der Waals surface area (Å²) in [4.78, 5) is 19.0. The SMILES string of the molecule is NC=C(C=NCc1ccc([N+](=O)[O-])cc1)c1cnc2c(c1)NC(Cl)C=C2. The molecule has 3 N–H and O–H groups in total. The smallest absolute Gasteiger partial charge is 0.269 e. The minimum atomic E-state index is -0.431. The fourth-order valence-corrected chi connectivity index (χ4v) is 2.63. The van der Waals surface area contributed by atoms with Crippen molar-refractivity contribution in [3.8, 4) is 0 Å². The van der Waals surface area contributed by atoms with Gasteiger partial charge in [0.1, 0.15) is 5.50 Å². The number of aromatic nitrogens is 1. The molecule has 0 spiro atoms. The number of allylic oxidation sites excluding steroid dienone is 1. The molecule has 2 heterocycles. The highest BCUT2D eigenvalue weighted by Crippen LogP contribution is 2.25. The Morgan fingerprint density at radius 3 is 2.88 bits per heavy atom. The molecule has 0 aliphatic carbocycles. The molecule has 1 unspecified atom stereocenters. The summed E-state index contributed by atoms with van der Waals surface area (Å²) in [7, 11) is 0. The van der Waals surface area contributed by atoms with Crippen LogP contribution in [0, 0.1) is 10.1 Å². The first-order chi connectivity index (χ1) is 12.6. The van der Waals surface area contributed by atoms with Gasteiger partial charge in [-0.05, 0) is 23.8 Å². The molecule has 1 atom stereocenters. The van der Waals surface area contributed by atoms with E-state index in [-0.39, 0.29) is 11.2 Å². The van der Waals surface area contributed by atoms with Gasteiger partial charge in [0.05, 0.1) is 22.8 Å². The van der Waals surface area contributed by atoms with Crippen LogP contribution in [0.4, 0.5) is 11.4 Å². The zero-order valence-corrected chi connectivity index (χ0v) is 14.4. The van der Waals surface area contributed by atoms with E-state index in [1.54, 1.807) is 24.5 Å². The lowest BCUT2D eigenvalue weighted by Gasteiger charge is -2.17. The summed E-state index contributed by atoms with van der Waals surface area (Å²) < 4.78 is 0. The molecule has 1 aromatic carbocycles. The number of nitro benzene ring substituents is 1. The lowest BCUT2D eigenvalue weighted by Crippen LogP contribution is -2.14. The number of anilines is 1. The van der Waals surface area contributed by atoms with E-state index < -0.39 is 4.92 Å². The summed E-state index contributed by atoms with van der Waals surface area (Å²) in [5.41, 5.74) is 9.53. The number of benzene rings is 1. The van der Waals surface area contributed by atoms with Crippen LogP contribution >= 0.6 is 11.6 Å². The van der Waals surface area contributed by atoms with Gasteiger partial charge in [0.2, 0.25) is 0 Å². The van der Waals surface area contributed by atoms with Crippen molar-refractivity contribution < 1.29 is 4.92 Å². The van der Waals surface area contributed by atoms with Crippen LogP contribution in [0.15, 0.2) is 53.8 Å². The zero-order chi connectivity index (χ0) is 18.5. The second-order valence-corrected chi connectivity index (χ2v) is 6.05. The fourth-order valence-electron chi connectivity index (χ4n) is 2.44. The maximum atomic E-state index is 10.7. The molecule has 132 valence electrons. The Hall–Kier alpha value is -3.19. The number of alkyl halides is 1. The van der Waals surface area contributed by atoms with Gasteiger partial charge in [0.25, 0.3) is 5.69 Å². The van der Waals surface area contributed by atoms with Crippen LogP contribution in [0.2, 0.25) is 0 Å². The second kappa shape index (κ2) is 7.79. The molecular weight excluding hydrogens is 354 g/mol. The normalized spacial score (nSPS) is 16.3. The number of non-ortho nitro benzene ring substituents is 1. The number of fused-ring (bicyclic) bond motifs is 1. The van der Waals surface area contributed by atoms with Crippen molar-refractivity contribution in [2.24, 2.45) is 10.7 Å². The van der Waals surface area contributed by atoms with Crippen molar-refractivity contribution in [2.45, 2.75) is 12.0 Å². The number of pyridine rings is 1. The van der Waals surface area contributed by atoms with Crippen LogP contribution in [0.1, 0.15) is 16.8 Å². The average Bonchev–Trinajstić information content (AvgIpc) is 2.65. The highest BCUT2D eigenvalue weighted by molar-refractivity contribution is 6.23. The largest absolute Gasteiger partial charge is 0.404 e. The van der Waals surface area contributed by atoms with Gasteiger partial charge in [-0.3, -0.25) is 20.1 Å². The Morgan fingerprint density at radius 1 is 1.42 bits per heavy atom. The molecule has 0 bridgehead atoms. The molecular formula is C18H16ClN5O2. The van der Waals surface area contributed by atoms with E-state index in [1.165, 1.54) is 18.3 Å². The van der Waals surface area contributed by atoms with E-state index in [9.17, 15) is 10.1 Å². The lowest BCUT2D eigenvalue weighted by molar-refractivity contribution is -0.384. The molecule has 0 fully saturated rings. The molecule has 0 saturated carbocycles. The van der Waals surface area contributed by atoms with E-state index in [0.29, 0.717) is 12.1 Å². The predicted molar refractivity (Wildman–Crippen MR) is 104 cm³/mol. The molecule has 0 amide bonds. The van der Waals surface area contributed by atoms with Crippen molar-refractivity contribution >= 4 is 40.8 Å². The first kappa shape index (κ1) is 17.6.